The zero-order valence-corrected chi connectivity index (χ0v) is 41.7. The lowest BCUT2D eigenvalue weighted by Crippen LogP contribution is -2.55. The van der Waals surface area contributed by atoms with E-state index in [4.69, 9.17) is 9.72 Å². The van der Waals surface area contributed by atoms with Crippen LogP contribution in [0.3, 0.4) is 0 Å². The number of piperidine rings is 2. The number of carbonyl (C=O) groups excluding carboxylic acids is 4. The first kappa shape index (κ1) is 46.9. The average molecular weight is 1030 g/mol. The molecule has 6 heterocycles. The van der Waals surface area contributed by atoms with Crippen LogP contribution in [0.5, 0.6) is 5.75 Å². The van der Waals surface area contributed by atoms with Gasteiger partial charge in [0.2, 0.25) is 27.8 Å². The van der Waals surface area contributed by atoms with Crippen molar-refractivity contribution >= 4 is 89.8 Å². The van der Waals surface area contributed by atoms with Gasteiger partial charge in [0.05, 0.1) is 46.0 Å². The Kier molecular flexibility index (Phi) is 12.8. The lowest BCUT2D eigenvalue weighted by molar-refractivity contribution is -0.136. The van der Waals surface area contributed by atoms with E-state index in [2.05, 4.69) is 75.5 Å². The molecule has 69 heavy (non-hydrogen) atoms. The highest BCUT2D eigenvalue weighted by atomic mass is 79.9. The number of nitrogens with zero attached hydrogens (tertiary/aromatic N) is 8. The van der Waals surface area contributed by atoms with Crippen LogP contribution in [0.25, 0.3) is 0 Å². The third-order valence-corrected chi connectivity index (χ3v) is 16.7. The predicted octanol–water partition coefficient (Wildman–Crippen LogP) is 5.27. The Labute approximate surface area is 410 Å². The Morgan fingerprint density at radius 2 is 1.64 bits per heavy atom. The maximum absolute atomic E-state index is 13.4. The Hall–Kier alpha value is -5.83. The lowest BCUT2D eigenvalue weighted by Gasteiger charge is -2.47. The number of para-hydroxylation sites is 1. The van der Waals surface area contributed by atoms with Crippen molar-refractivity contribution in [1.82, 2.24) is 30.0 Å². The largest absolute Gasteiger partial charge is 0.494 e. The second-order valence-corrected chi connectivity index (χ2v) is 22.0. The molecular weight excluding hydrogens is 967 g/mol. The molecule has 1 aromatic heterocycles. The number of hydrogen-bond donors (Lipinski definition) is 3. The molecule has 1 unspecified atom stereocenters. The van der Waals surface area contributed by atoms with Crippen LogP contribution in [0.1, 0.15) is 70.4 Å². The van der Waals surface area contributed by atoms with Crippen LogP contribution in [0, 0.1) is 12.8 Å². The Morgan fingerprint density at radius 1 is 0.884 bits per heavy atom. The monoisotopic (exact) mass is 1020 g/mol. The second kappa shape index (κ2) is 18.8. The van der Waals surface area contributed by atoms with Gasteiger partial charge in [0.1, 0.15) is 17.6 Å². The van der Waals surface area contributed by atoms with Crippen molar-refractivity contribution in [2.24, 2.45) is 5.92 Å². The molecular formula is C49H58BrN11O7S. The van der Waals surface area contributed by atoms with Crippen LogP contribution < -0.4 is 34.8 Å². The minimum Gasteiger partial charge on any atom is -0.494 e. The number of ether oxygens (including phenoxy) is 1. The van der Waals surface area contributed by atoms with Gasteiger partial charge < -0.3 is 30.1 Å². The number of imide groups is 2. The molecule has 20 heteroatoms. The average Bonchev–Trinajstić information content (AvgIpc) is 3.88. The number of halogens is 1. The van der Waals surface area contributed by atoms with E-state index in [0.717, 1.165) is 105 Å². The van der Waals surface area contributed by atoms with E-state index in [1.54, 1.807) is 25.4 Å². The zero-order valence-electron chi connectivity index (χ0n) is 39.3. The summed E-state index contributed by atoms with van der Waals surface area (Å²) in [6, 6.07) is 15.1. The summed E-state index contributed by atoms with van der Waals surface area (Å²) in [7, 11) is 0.260. The van der Waals surface area contributed by atoms with Gasteiger partial charge in [-0.3, -0.25) is 38.6 Å². The number of amides is 4. The normalized spacial score (nSPS) is 22.3. The summed E-state index contributed by atoms with van der Waals surface area (Å²) in [4.78, 5) is 71.0. The zero-order chi connectivity index (χ0) is 48.3. The van der Waals surface area contributed by atoms with Crippen molar-refractivity contribution in [3.8, 4) is 5.75 Å². The number of aromatic nitrogens is 2. The Balaban J connectivity index is 0.689. The number of piperazine rings is 1. The van der Waals surface area contributed by atoms with E-state index in [1.807, 2.05) is 31.3 Å². The van der Waals surface area contributed by atoms with Gasteiger partial charge in [-0.05, 0) is 109 Å². The molecule has 6 aliphatic rings. The van der Waals surface area contributed by atoms with E-state index in [9.17, 15) is 27.6 Å². The molecule has 4 aromatic rings. The first-order valence-corrected chi connectivity index (χ1v) is 26.4. The van der Waals surface area contributed by atoms with Crippen molar-refractivity contribution in [3.63, 3.8) is 0 Å². The lowest BCUT2D eigenvalue weighted by atomic mass is 9.78. The molecule has 0 spiro atoms. The highest BCUT2D eigenvalue weighted by Crippen LogP contribution is 2.41. The fourth-order valence-electron chi connectivity index (χ4n) is 11.1. The van der Waals surface area contributed by atoms with Crippen LogP contribution in [0.2, 0.25) is 0 Å². The fraction of sp³-hybridized carbons (Fsp3) is 0.469. The number of methoxy groups -OCH3 is 1. The summed E-state index contributed by atoms with van der Waals surface area (Å²) < 4.78 is 33.2. The Morgan fingerprint density at radius 3 is 2.36 bits per heavy atom. The van der Waals surface area contributed by atoms with Gasteiger partial charge in [0.15, 0.2) is 0 Å². The number of anilines is 7. The van der Waals surface area contributed by atoms with Gasteiger partial charge in [-0.2, -0.15) is 4.98 Å². The molecule has 10 rings (SSSR count). The molecule has 364 valence electrons. The van der Waals surface area contributed by atoms with Crippen LogP contribution in [-0.4, -0.2) is 148 Å². The van der Waals surface area contributed by atoms with E-state index >= 15 is 0 Å². The molecule has 3 aromatic carbocycles. The number of sulfonamides is 1. The highest BCUT2D eigenvalue weighted by molar-refractivity contribution is 9.10. The van der Waals surface area contributed by atoms with Crippen molar-refractivity contribution in [2.75, 3.05) is 97.5 Å². The van der Waals surface area contributed by atoms with Crippen LogP contribution in [-0.2, 0) is 26.0 Å². The third-order valence-electron chi connectivity index (χ3n) is 14.9. The quantitative estimate of drug-likeness (QED) is 0.147. The van der Waals surface area contributed by atoms with Crippen LogP contribution in [0.15, 0.2) is 59.2 Å². The molecule has 4 fully saturated rings. The third kappa shape index (κ3) is 9.23. The molecule has 1 saturated carbocycles. The number of fused-ring (bicyclic) bond motifs is 2. The molecule has 3 saturated heterocycles. The van der Waals surface area contributed by atoms with E-state index < -0.39 is 33.8 Å². The SMILES string of the molecule is COc1cc(N2CCC(N3CCN(C[C@H]4C[C@H](N(C)c5ccc6c(c5)C(=O)N(C5CCC(=O)NC5=O)C6=O)C4)CC3)CC2)c(C)cc1Nc1ncc(Br)c(Nc2cccc3c2N(S(C)(=O)=O)CC3)n1. The highest BCUT2D eigenvalue weighted by Gasteiger charge is 2.45. The summed E-state index contributed by atoms with van der Waals surface area (Å²) in [6.07, 6.45) is 8.06. The van der Waals surface area contributed by atoms with E-state index in [0.29, 0.717) is 75.5 Å². The maximum atomic E-state index is 13.4. The molecule has 0 bridgehead atoms. The second-order valence-electron chi connectivity index (χ2n) is 19.2. The number of hydrogen-bond acceptors (Lipinski definition) is 15. The minimum absolute atomic E-state index is 0.0928. The standard InChI is InChI=1S/C49H58BrN11O7S/c1-29-22-39(53-49-51-27-37(50)45(55-49)52-38-7-5-6-31-12-17-60(44(31)38)69(4,66)67)42(68-3)26-41(29)59-15-13-32(14-16-59)58-20-18-57(19-21-58)28-30-23-34(24-30)56(2)33-8-9-35-36(25-33)48(65)61(47(35)64)40-10-11-43(62)54-46(40)63/h5-9,22,25-27,30,32,34,40H,10-21,23-24,28H2,1-4H3,(H,54,62,63)(H2,51,52,53,55)/t30-,34-,40?. The number of carbonyl (C=O) groups is 4. The predicted molar refractivity (Wildman–Crippen MR) is 268 cm³/mol. The van der Waals surface area contributed by atoms with Crippen molar-refractivity contribution in [1.29, 1.82) is 0 Å². The first-order valence-electron chi connectivity index (χ1n) is 23.8. The molecule has 0 radical (unpaired) electrons. The number of rotatable bonds is 13. The molecule has 1 atom stereocenters. The smallest absolute Gasteiger partial charge is 0.262 e. The summed E-state index contributed by atoms with van der Waals surface area (Å²) in [5.74, 6) is 0.176. The van der Waals surface area contributed by atoms with Gasteiger partial charge in [0.25, 0.3) is 11.8 Å². The molecule has 5 aliphatic heterocycles. The molecule has 3 N–H and O–H groups in total. The summed E-state index contributed by atoms with van der Waals surface area (Å²) >= 11 is 3.57. The van der Waals surface area contributed by atoms with Gasteiger partial charge in [-0.1, -0.05) is 12.1 Å². The van der Waals surface area contributed by atoms with Crippen LogP contribution in [0.4, 0.5) is 40.2 Å². The van der Waals surface area contributed by atoms with Crippen LogP contribution >= 0.6 is 15.9 Å². The summed E-state index contributed by atoms with van der Waals surface area (Å²) in [5.41, 5.74) is 6.73. The fourth-order valence-corrected chi connectivity index (χ4v) is 12.4. The van der Waals surface area contributed by atoms with Gasteiger partial charge in [0, 0.05) is 102 Å². The Bertz CT molecular complexity index is 2830. The maximum Gasteiger partial charge on any atom is 0.262 e. The summed E-state index contributed by atoms with van der Waals surface area (Å²) in [6.45, 7) is 9.75. The molecule has 4 amide bonds. The van der Waals surface area contributed by atoms with Crippen molar-refractivity contribution in [2.45, 2.75) is 70.0 Å². The van der Waals surface area contributed by atoms with Gasteiger partial charge in [-0.25, -0.2) is 13.4 Å². The molecule has 1 aliphatic carbocycles. The topological polar surface area (TPSA) is 193 Å². The van der Waals surface area contributed by atoms with E-state index in [1.165, 1.54) is 10.6 Å². The van der Waals surface area contributed by atoms with Gasteiger partial charge >= 0.3 is 0 Å². The number of aryl methyl sites for hydroxylation is 1. The van der Waals surface area contributed by atoms with Crippen molar-refractivity contribution in [3.05, 3.63) is 81.5 Å². The molecule has 18 nitrogen and oxygen atoms in total. The number of nitrogens with one attached hydrogen (secondary N) is 3. The first-order chi connectivity index (χ1) is 33.1. The summed E-state index contributed by atoms with van der Waals surface area (Å²) in [5, 5.41) is 8.96. The van der Waals surface area contributed by atoms with Gasteiger partial charge in [-0.15, -0.1) is 0 Å². The van der Waals surface area contributed by atoms with Crippen molar-refractivity contribution < 1.29 is 32.3 Å². The number of benzene rings is 3. The minimum atomic E-state index is -3.45. The van der Waals surface area contributed by atoms with E-state index in [-0.39, 0.29) is 18.7 Å².